The number of benzene rings is 1. The van der Waals surface area contributed by atoms with E-state index in [9.17, 15) is 15.0 Å². The third-order valence-electron chi connectivity index (χ3n) is 3.43. The van der Waals surface area contributed by atoms with E-state index in [-0.39, 0.29) is 30.2 Å². The number of carbonyl (C=O) groups is 1. The van der Waals surface area contributed by atoms with Crippen molar-refractivity contribution >= 4 is 5.78 Å². The number of phenols is 1. The van der Waals surface area contributed by atoms with E-state index in [0.717, 1.165) is 12.8 Å². The van der Waals surface area contributed by atoms with Crippen molar-refractivity contribution in [3.8, 4) is 11.5 Å². The highest BCUT2D eigenvalue weighted by Gasteiger charge is 2.36. The van der Waals surface area contributed by atoms with Crippen LogP contribution in [0, 0.1) is 0 Å². The number of aromatic hydroxyl groups is 1. The zero-order chi connectivity index (χ0) is 13.3. The van der Waals surface area contributed by atoms with Crippen molar-refractivity contribution in [1.82, 2.24) is 0 Å². The van der Waals surface area contributed by atoms with Crippen LogP contribution in [0.5, 0.6) is 11.5 Å². The molecule has 98 valence electrons. The monoisotopic (exact) mass is 250 g/mol. The van der Waals surface area contributed by atoms with Gasteiger partial charge >= 0.3 is 0 Å². The molecule has 2 N–H and O–H groups in total. The molecule has 18 heavy (non-hydrogen) atoms. The van der Waals surface area contributed by atoms with Crippen LogP contribution in [0.4, 0.5) is 0 Å². The number of aliphatic hydroxyl groups is 1. The van der Waals surface area contributed by atoms with Gasteiger partial charge in [0.1, 0.15) is 17.6 Å². The Morgan fingerprint density at radius 1 is 1.44 bits per heavy atom. The molecule has 2 rings (SSSR count). The van der Waals surface area contributed by atoms with Crippen LogP contribution in [0.3, 0.4) is 0 Å². The Balaban J connectivity index is 2.49. The molecular formula is C14H18O4. The van der Waals surface area contributed by atoms with Crippen molar-refractivity contribution in [1.29, 1.82) is 0 Å². The molecule has 1 aliphatic heterocycles. The van der Waals surface area contributed by atoms with Gasteiger partial charge in [-0.3, -0.25) is 4.79 Å². The van der Waals surface area contributed by atoms with Crippen molar-refractivity contribution < 1.29 is 19.7 Å². The fourth-order valence-electron chi connectivity index (χ4n) is 2.57. The summed E-state index contributed by atoms with van der Waals surface area (Å²) in [4.78, 5) is 11.4. The molecule has 0 bridgehead atoms. The Morgan fingerprint density at radius 3 is 2.72 bits per heavy atom. The molecule has 0 saturated carbocycles. The second kappa shape index (κ2) is 4.98. The maximum atomic E-state index is 11.4. The van der Waals surface area contributed by atoms with Gasteiger partial charge in [-0.25, -0.2) is 0 Å². The van der Waals surface area contributed by atoms with E-state index < -0.39 is 0 Å². The topological polar surface area (TPSA) is 66.8 Å². The van der Waals surface area contributed by atoms with Crippen LogP contribution in [0.2, 0.25) is 0 Å². The summed E-state index contributed by atoms with van der Waals surface area (Å²) >= 11 is 0. The minimum atomic E-state index is -0.326. The molecule has 0 amide bonds. The summed E-state index contributed by atoms with van der Waals surface area (Å²) in [6, 6.07) is 3.27. The lowest BCUT2D eigenvalue weighted by Crippen LogP contribution is -2.23. The van der Waals surface area contributed by atoms with Crippen molar-refractivity contribution in [3.05, 3.63) is 23.3 Å². The molecule has 0 aromatic heterocycles. The second-order valence-corrected chi connectivity index (χ2v) is 4.66. The predicted octanol–water partition coefficient (Wildman–Crippen LogP) is 2.23. The molecule has 2 atom stereocenters. The van der Waals surface area contributed by atoms with Crippen LogP contribution < -0.4 is 4.74 Å². The molecule has 0 aliphatic carbocycles. The molecule has 0 saturated heterocycles. The Morgan fingerprint density at radius 2 is 2.17 bits per heavy atom. The summed E-state index contributed by atoms with van der Waals surface area (Å²) in [5.74, 6) is 0.372. The number of hydrogen-bond donors (Lipinski definition) is 2. The fraction of sp³-hybridized carbons (Fsp3) is 0.500. The van der Waals surface area contributed by atoms with Crippen LogP contribution in [-0.2, 0) is 0 Å². The molecule has 4 heteroatoms. The summed E-state index contributed by atoms with van der Waals surface area (Å²) in [6.45, 7) is 3.38. The zero-order valence-corrected chi connectivity index (χ0v) is 10.6. The molecule has 0 radical (unpaired) electrons. The largest absolute Gasteiger partial charge is 0.507 e. The molecule has 1 heterocycles. The van der Waals surface area contributed by atoms with Crippen LogP contribution in [0.15, 0.2) is 12.1 Å². The van der Waals surface area contributed by atoms with E-state index in [1.165, 1.54) is 6.92 Å². The minimum absolute atomic E-state index is 0.00870. The molecule has 1 aliphatic rings. The first-order valence-corrected chi connectivity index (χ1v) is 6.24. The number of Topliss-reactive ketones (excluding diaryl/α,β-unsaturated/α-hetero) is 1. The molecular weight excluding hydrogens is 232 g/mol. The van der Waals surface area contributed by atoms with Crippen molar-refractivity contribution in [2.24, 2.45) is 0 Å². The summed E-state index contributed by atoms with van der Waals surface area (Å²) in [5.41, 5.74) is 0.987. The normalized spacial score (nSPS) is 21.5. The van der Waals surface area contributed by atoms with Crippen molar-refractivity contribution in [2.45, 2.75) is 38.7 Å². The van der Waals surface area contributed by atoms with E-state index in [4.69, 9.17) is 4.74 Å². The zero-order valence-electron chi connectivity index (χ0n) is 10.6. The average molecular weight is 250 g/mol. The van der Waals surface area contributed by atoms with Crippen molar-refractivity contribution in [3.63, 3.8) is 0 Å². The van der Waals surface area contributed by atoms with E-state index in [0.29, 0.717) is 16.9 Å². The van der Waals surface area contributed by atoms with Crippen LogP contribution in [0.25, 0.3) is 0 Å². The van der Waals surface area contributed by atoms with E-state index in [2.05, 4.69) is 0 Å². The Hall–Kier alpha value is -1.55. The van der Waals surface area contributed by atoms with E-state index in [1.54, 1.807) is 12.1 Å². The highest BCUT2D eigenvalue weighted by molar-refractivity contribution is 5.97. The SMILES string of the molecule is CCCC1c2c(ccc(C(C)=O)c2O)OC1CO. The van der Waals surface area contributed by atoms with Gasteiger partial charge in [0.2, 0.25) is 0 Å². The maximum absolute atomic E-state index is 11.4. The van der Waals surface area contributed by atoms with Crippen molar-refractivity contribution in [2.75, 3.05) is 6.61 Å². The van der Waals surface area contributed by atoms with Gasteiger partial charge in [-0.2, -0.15) is 0 Å². The first-order valence-electron chi connectivity index (χ1n) is 6.24. The van der Waals surface area contributed by atoms with Gasteiger partial charge in [0, 0.05) is 11.5 Å². The molecule has 2 unspecified atom stereocenters. The molecule has 1 aromatic rings. The number of ether oxygens (including phenoxy) is 1. The smallest absolute Gasteiger partial charge is 0.163 e. The predicted molar refractivity (Wildman–Crippen MR) is 67.3 cm³/mol. The fourth-order valence-corrected chi connectivity index (χ4v) is 2.57. The highest BCUT2D eigenvalue weighted by atomic mass is 16.5. The highest BCUT2D eigenvalue weighted by Crippen LogP contribution is 2.46. The number of fused-ring (bicyclic) bond motifs is 1. The number of ketones is 1. The Labute approximate surface area is 106 Å². The van der Waals surface area contributed by atoms with Crippen LogP contribution in [-0.4, -0.2) is 28.7 Å². The third-order valence-corrected chi connectivity index (χ3v) is 3.43. The lowest BCUT2D eigenvalue weighted by Gasteiger charge is -2.16. The lowest BCUT2D eigenvalue weighted by molar-refractivity contribution is 0.101. The van der Waals surface area contributed by atoms with Gasteiger partial charge in [0.05, 0.1) is 12.2 Å². The summed E-state index contributed by atoms with van der Waals surface area (Å²) in [6.07, 6.45) is 1.41. The van der Waals surface area contributed by atoms with Gasteiger partial charge in [-0.1, -0.05) is 13.3 Å². The molecule has 0 fully saturated rings. The number of carbonyl (C=O) groups excluding carboxylic acids is 1. The van der Waals surface area contributed by atoms with Gasteiger partial charge in [0.15, 0.2) is 5.78 Å². The van der Waals surface area contributed by atoms with Gasteiger partial charge in [0.25, 0.3) is 0 Å². The van der Waals surface area contributed by atoms with Gasteiger partial charge < -0.3 is 14.9 Å². The van der Waals surface area contributed by atoms with E-state index in [1.807, 2.05) is 6.92 Å². The van der Waals surface area contributed by atoms with Gasteiger partial charge in [-0.15, -0.1) is 0 Å². The minimum Gasteiger partial charge on any atom is -0.507 e. The van der Waals surface area contributed by atoms with Crippen LogP contribution in [0.1, 0.15) is 48.5 Å². The Bertz CT molecular complexity index is 467. The number of rotatable bonds is 4. The standard InChI is InChI=1S/C14H18O4/c1-3-4-10-12(7-15)18-11-6-5-9(8(2)16)14(17)13(10)11/h5-6,10,12,15,17H,3-4,7H2,1-2H3. The number of aliphatic hydroxyl groups excluding tert-OH is 1. The lowest BCUT2D eigenvalue weighted by atomic mass is 9.89. The average Bonchev–Trinajstić information content (AvgIpc) is 2.68. The maximum Gasteiger partial charge on any atom is 0.163 e. The quantitative estimate of drug-likeness (QED) is 0.804. The van der Waals surface area contributed by atoms with E-state index >= 15 is 0 Å². The Kier molecular flexibility index (Phi) is 3.57. The first-order chi connectivity index (χ1) is 8.60. The number of phenolic OH excluding ortho intramolecular Hbond substituents is 1. The molecule has 1 aromatic carbocycles. The summed E-state index contributed by atoms with van der Waals surface area (Å²) in [7, 11) is 0. The summed E-state index contributed by atoms with van der Waals surface area (Å²) in [5, 5.41) is 19.5. The summed E-state index contributed by atoms with van der Waals surface area (Å²) < 4.78 is 5.62. The van der Waals surface area contributed by atoms with Gasteiger partial charge in [-0.05, 0) is 25.5 Å². The molecule has 4 nitrogen and oxygen atoms in total. The number of hydrogen-bond acceptors (Lipinski definition) is 4. The van der Waals surface area contributed by atoms with Crippen LogP contribution >= 0.6 is 0 Å². The first kappa shape index (κ1) is 12.9. The third kappa shape index (κ3) is 1.97. The second-order valence-electron chi connectivity index (χ2n) is 4.66. The molecule has 0 spiro atoms.